The Kier molecular flexibility index (Phi) is 9.87. The topological polar surface area (TPSA) is 118 Å². The lowest BCUT2D eigenvalue weighted by Crippen LogP contribution is -2.40. The van der Waals surface area contributed by atoms with E-state index in [2.05, 4.69) is 4.98 Å². The van der Waals surface area contributed by atoms with Crippen LogP contribution in [0.15, 0.2) is 42.5 Å². The monoisotopic (exact) mass is 545 g/mol. The summed E-state index contributed by atoms with van der Waals surface area (Å²) in [5.41, 5.74) is 4.00. The highest BCUT2D eigenvalue weighted by Crippen LogP contribution is 2.39. The molecule has 2 heterocycles. The van der Waals surface area contributed by atoms with E-state index >= 15 is 0 Å². The number of amides is 1. The van der Waals surface area contributed by atoms with Crippen LogP contribution in [0.5, 0.6) is 5.75 Å². The number of H-pyrrole nitrogens is 1. The summed E-state index contributed by atoms with van der Waals surface area (Å²) in [6, 6.07) is 13.0. The molecule has 2 aromatic carbocycles. The van der Waals surface area contributed by atoms with Crippen molar-refractivity contribution in [3.8, 4) is 5.75 Å². The highest BCUT2D eigenvalue weighted by atomic mass is 35.5. The third kappa shape index (κ3) is 6.59. The van der Waals surface area contributed by atoms with E-state index in [-0.39, 0.29) is 25.3 Å². The maximum Gasteiger partial charge on any atom is 0.410 e. The van der Waals surface area contributed by atoms with E-state index in [1.165, 1.54) is 0 Å². The maximum absolute atomic E-state index is 12.9. The molecule has 1 aromatic heterocycles. The second-order valence-electron chi connectivity index (χ2n) is 9.36. The van der Waals surface area contributed by atoms with Crippen LogP contribution in [-0.4, -0.2) is 94.9 Å². The van der Waals surface area contributed by atoms with Crippen molar-refractivity contribution in [2.45, 2.75) is 31.9 Å². The number of rotatable bonds is 12. The molecule has 3 aromatic rings. The SMILES string of the molecule is CCOC(=O)N1CCc2c([nH]c3ccc(Cl)cc23)[C@@H]1c1ccc(OCCC(O)CN(CCO)CCO)cc1. The summed E-state index contributed by atoms with van der Waals surface area (Å²) >= 11 is 6.27. The first kappa shape index (κ1) is 28.2. The van der Waals surface area contributed by atoms with Gasteiger partial charge in [-0.05, 0) is 54.8 Å². The molecule has 206 valence electrons. The number of fused-ring (bicyclic) bond motifs is 3. The van der Waals surface area contributed by atoms with Gasteiger partial charge in [0, 0.05) is 54.2 Å². The van der Waals surface area contributed by atoms with Gasteiger partial charge < -0.3 is 29.8 Å². The summed E-state index contributed by atoms with van der Waals surface area (Å²) in [7, 11) is 0. The number of aliphatic hydroxyl groups is 3. The van der Waals surface area contributed by atoms with Crippen LogP contribution in [0.4, 0.5) is 4.79 Å². The van der Waals surface area contributed by atoms with Gasteiger partial charge in [0.1, 0.15) is 11.8 Å². The lowest BCUT2D eigenvalue weighted by molar-refractivity contribution is 0.0731. The van der Waals surface area contributed by atoms with Crippen LogP contribution < -0.4 is 4.74 Å². The van der Waals surface area contributed by atoms with E-state index in [1.807, 2.05) is 47.4 Å². The van der Waals surface area contributed by atoms with Gasteiger partial charge >= 0.3 is 6.09 Å². The number of nitrogens with one attached hydrogen (secondary N) is 1. The van der Waals surface area contributed by atoms with Gasteiger partial charge in [-0.25, -0.2) is 4.79 Å². The molecule has 0 radical (unpaired) electrons. The summed E-state index contributed by atoms with van der Waals surface area (Å²) in [5.74, 6) is 0.658. The molecule has 38 heavy (non-hydrogen) atoms. The second-order valence-corrected chi connectivity index (χ2v) is 9.80. The number of hydrogen-bond acceptors (Lipinski definition) is 7. The number of aliphatic hydroxyl groups excluding tert-OH is 3. The van der Waals surface area contributed by atoms with Gasteiger partial charge in [0.25, 0.3) is 0 Å². The molecule has 4 N–H and O–H groups in total. The number of ether oxygens (including phenoxy) is 2. The Morgan fingerprint density at radius 2 is 1.92 bits per heavy atom. The number of carbonyl (C=O) groups is 1. The molecule has 1 aliphatic heterocycles. The third-order valence-electron chi connectivity index (χ3n) is 6.81. The van der Waals surface area contributed by atoms with Crippen LogP contribution in [0.2, 0.25) is 5.02 Å². The van der Waals surface area contributed by atoms with Gasteiger partial charge in [-0.15, -0.1) is 0 Å². The first-order valence-corrected chi connectivity index (χ1v) is 13.4. The second kappa shape index (κ2) is 13.3. The quantitative estimate of drug-likeness (QED) is 0.276. The van der Waals surface area contributed by atoms with Crippen LogP contribution >= 0.6 is 11.6 Å². The largest absolute Gasteiger partial charge is 0.493 e. The standard InChI is InChI=1S/C28H36ClN3O6/c1-2-37-28(36)32-11-9-23-24-17-20(29)5-8-25(24)30-26(23)27(32)19-3-6-22(7-4-19)38-16-10-21(35)18-31(12-14-33)13-15-34/h3-8,17,21,27,30,33-35H,2,9-16,18H2,1H3/t21?,27-/m0/s1. The zero-order valence-electron chi connectivity index (χ0n) is 21.6. The molecule has 4 rings (SSSR count). The Morgan fingerprint density at radius 3 is 2.61 bits per heavy atom. The van der Waals surface area contributed by atoms with Crippen molar-refractivity contribution >= 4 is 28.6 Å². The Hall–Kier alpha value is -2.82. The van der Waals surface area contributed by atoms with E-state index in [0.717, 1.165) is 27.7 Å². The van der Waals surface area contributed by atoms with Crippen LogP contribution in [0.3, 0.4) is 0 Å². The van der Waals surface area contributed by atoms with Crippen LogP contribution in [0.1, 0.15) is 36.2 Å². The van der Waals surface area contributed by atoms with Gasteiger partial charge in [-0.2, -0.15) is 0 Å². The Balaban J connectivity index is 1.48. The number of aromatic nitrogens is 1. The Labute approximate surface area is 227 Å². The minimum absolute atomic E-state index is 0.0299. The van der Waals surface area contributed by atoms with Crippen molar-refractivity contribution in [1.82, 2.24) is 14.8 Å². The lowest BCUT2D eigenvalue weighted by atomic mass is 9.92. The van der Waals surface area contributed by atoms with E-state index in [9.17, 15) is 9.90 Å². The number of hydrogen-bond donors (Lipinski definition) is 4. The molecule has 0 saturated heterocycles. The number of benzene rings is 2. The Bertz CT molecular complexity index is 1200. The summed E-state index contributed by atoms with van der Waals surface area (Å²) in [6.07, 6.45) is 0.116. The maximum atomic E-state index is 12.9. The van der Waals surface area contributed by atoms with E-state index in [4.69, 9.17) is 31.3 Å². The van der Waals surface area contributed by atoms with Crippen molar-refractivity contribution in [3.63, 3.8) is 0 Å². The first-order valence-electron chi connectivity index (χ1n) is 13.0. The predicted molar refractivity (Wildman–Crippen MR) is 146 cm³/mol. The summed E-state index contributed by atoms with van der Waals surface area (Å²) in [4.78, 5) is 20.0. The van der Waals surface area contributed by atoms with E-state index < -0.39 is 6.10 Å². The van der Waals surface area contributed by atoms with E-state index in [0.29, 0.717) is 63.0 Å². The molecule has 0 spiro atoms. The molecular weight excluding hydrogens is 510 g/mol. The van der Waals surface area contributed by atoms with Gasteiger partial charge in [0.15, 0.2) is 0 Å². The third-order valence-corrected chi connectivity index (χ3v) is 7.04. The van der Waals surface area contributed by atoms with Crippen LogP contribution in [0.25, 0.3) is 10.9 Å². The number of halogens is 1. The van der Waals surface area contributed by atoms with Crippen LogP contribution in [-0.2, 0) is 11.2 Å². The molecule has 0 bridgehead atoms. The van der Waals surface area contributed by atoms with Crippen molar-refractivity contribution in [3.05, 3.63) is 64.3 Å². The molecule has 0 fully saturated rings. The molecule has 9 nitrogen and oxygen atoms in total. The van der Waals surface area contributed by atoms with E-state index in [1.54, 1.807) is 11.8 Å². The van der Waals surface area contributed by atoms with Crippen LogP contribution in [0, 0.1) is 0 Å². The average Bonchev–Trinajstić information content (AvgIpc) is 3.27. The number of nitrogens with zero attached hydrogens (tertiary/aromatic N) is 2. The van der Waals surface area contributed by atoms with Crippen molar-refractivity contribution in [1.29, 1.82) is 0 Å². The van der Waals surface area contributed by atoms with Gasteiger partial charge in [-0.1, -0.05) is 23.7 Å². The lowest BCUT2D eigenvalue weighted by Gasteiger charge is -2.35. The molecule has 0 saturated carbocycles. The number of aromatic amines is 1. The molecular formula is C28H36ClN3O6. The zero-order chi connectivity index (χ0) is 27.1. The van der Waals surface area contributed by atoms with Gasteiger partial charge in [-0.3, -0.25) is 9.80 Å². The summed E-state index contributed by atoms with van der Waals surface area (Å²) in [5, 5.41) is 30.3. The first-order chi connectivity index (χ1) is 18.4. The zero-order valence-corrected chi connectivity index (χ0v) is 22.4. The summed E-state index contributed by atoms with van der Waals surface area (Å²) < 4.78 is 11.2. The van der Waals surface area contributed by atoms with Gasteiger partial charge in [0.2, 0.25) is 0 Å². The molecule has 2 atom stereocenters. The van der Waals surface area contributed by atoms with Crippen molar-refractivity contribution in [2.75, 3.05) is 52.6 Å². The molecule has 1 aliphatic rings. The summed E-state index contributed by atoms with van der Waals surface area (Å²) in [6.45, 7) is 4.03. The Morgan fingerprint density at radius 1 is 1.18 bits per heavy atom. The highest BCUT2D eigenvalue weighted by Gasteiger charge is 2.35. The normalized spacial score (nSPS) is 16.1. The smallest absolute Gasteiger partial charge is 0.410 e. The molecule has 0 aliphatic carbocycles. The average molecular weight is 546 g/mol. The molecule has 10 heteroatoms. The molecule has 1 unspecified atom stereocenters. The van der Waals surface area contributed by atoms with Crippen molar-refractivity contribution in [2.24, 2.45) is 0 Å². The minimum Gasteiger partial charge on any atom is -0.493 e. The predicted octanol–water partition coefficient (Wildman–Crippen LogP) is 3.34. The number of carbonyl (C=O) groups excluding carboxylic acids is 1. The minimum atomic E-state index is -0.637. The highest BCUT2D eigenvalue weighted by molar-refractivity contribution is 6.31. The fourth-order valence-corrected chi connectivity index (χ4v) is 5.21. The van der Waals surface area contributed by atoms with Crippen molar-refractivity contribution < 1.29 is 29.6 Å². The van der Waals surface area contributed by atoms with Gasteiger partial charge in [0.05, 0.1) is 32.5 Å². The molecule has 1 amide bonds. The fraction of sp³-hybridized carbons (Fsp3) is 0.464. The fourth-order valence-electron chi connectivity index (χ4n) is 5.04.